The first-order valence-corrected chi connectivity index (χ1v) is 48.3. The van der Waals surface area contributed by atoms with E-state index in [1.807, 2.05) is 0 Å². The molecule has 0 spiro atoms. The third kappa shape index (κ3) is 81.9. The van der Waals surface area contributed by atoms with E-state index in [1.165, 1.54) is 276 Å². The molecule has 0 fully saturated rings. The number of aliphatic hydroxyl groups is 1. The number of hydrogen-bond acceptors (Lipinski definition) is 15. The van der Waals surface area contributed by atoms with Crippen LogP contribution in [0.4, 0.5) is 0 Å². The molecule has 0 saturated carbocycles. The van der Waals surface area contributed by atoms with Crippen LogP contribution in [0.3, 0.4) is 0 Å². The first kappa shape index (κ1) is 105. The molecule has 0 aliphatic rings. The lowest BCUT2D eigenvalue weighted by molar-refractivity contribution is -0.161. The molecule has 0 aliphatic carbocycles. The smallest absolute Gasteiger partial charge is 0.462 e. The maximum absolute atomic E-state index is 13.2. The Hall–Kier alpha value is -1.94. The van der Waals surface area contributed by atoms with E-state index in [4.69, 9.17) is 37.0 Å². The minimum Gasteiger partial charge on any atom is -0.462 e. The van der Waals surface area contributed by atoms with Crippen LogP contribution in [0.15, 0.2) is 0 Å². The van der Waals surface area contributed by atoms with Gasteiger partial charge in [0.15, 0.2) is 12.2 Å². The fraction of sp³-hybridized carbons (Fsp3) is 0.955. The minimum atomic E-state index is -4.97. The van der Waals surface area contributed by atoms with Gasteiger partial charge in [0, 0.05) is 25.7 Å². The molecule has 0 amide bonds. The standard InChI is InChI=1S/C88H172O17P2/c1-8-9-10-11-12-13-14-34-41-48-55-62-69-85(90)98-75-83(104-88(93)72-65-58-51-44-37-30-24-23-27-33-40-47-54-61-68-81(6)7)77-102-106(94,95)100-73-82(89)74-101-107(96,97)103-78-84(105-87(92)71-64-57-50-43-36-29-22-18-16-20-26-32-39-46-53-60-67-80(4)5)76-99-86(91)70-63-56-49-42-35-28-21-17-15-19-25-31-38-45-52-59-66-79(2)3/h79-84,89H,8-78H2,1-7H3,(H,94,95)(H,96,97)/t82-,83+,84+/m0/s1. The Balaban J connectivity index is 5.26. The number of unbranched alkanes of at least 4 members (excludes halogenated alkanes) is 54. The minimum absolute atomic E-state index is 0.108. The molecule has 0 aromatic carbocycles. The number of ether oxygens (including phenoxy) is 4. The third-order valence-corrected chi connectivity index (χ3v) is 22.5. The number of esters is 4. The van der Waals surface area contributed by atoms with Crippen LogP contribution in [-0.2, 0) is 65.4 Å². The summed E-state index contributed by atoms with van der Waals surface area (Å²) in [6.07, 6.45) is 69.3. The molecular weight excluding hydrogens is 1390 g/mol. The Morgan fingerprint density at radius 1 is 0.252 bits per heavy atom. The highest BCUT2D eigenvalue weighted by Gasteiger charge is 2.31. The van der Waals surface area contributed by atoms with Crippen LogP contribution in [0.5, 0.6) is 0 Å². The summed E-state index contributed by atoms with van der Waals surface area (Å²) >= 11 is 0. The highest BCUT2D eigenvalue weighted by molar-refractivity contribution is 7.47. The third-order valence-electron chi connectivity index (χ3n) is 20.6. The van der Waals surface area contributed by atoms with Gasteiger partial charge in [-0.25, -0.2) is 9.13 Å². The Labute approximate surface area is 658 Å². The van der Waals surface area contributed by atoms with Crippen molar-refractivity contribution in [2.75, 3.05) is 39.6 Å². The number of phosphoric ester groups is 2. The van der Waals surface area contributed by atoms with Crippen LogP contribution < -0.4 is 0 Å². The molecule has 0 aliphatic heterocycles. The Morgan fingerprint density at radius 3 is 0.636 bits per heavy atom. The second-order valence-electron chi connectivity index (χ2n) is 33.1. The van der Waals surface area contributed by atoms with Crippen LogP contribution in [0.25, 0.3) is 0 Å². The van der Waals surface area contributed by atoms with Crippen molar-refractivity contribution in [3.63, 3.8) is 0 Å². The van der Waals surface area contributed by atoms with Gasteiger partial charge >= 0.3 is 39.5 Å². The van der Waals surface area contributed by atoms with E-state index in [0.717, 1.165) is 108 Å². The van der Waals surface area contributed by atoms with Crippen molar-refractivity contribution in [1.82, 2.24) is 0 Å². The van der Waals surface area contributed by atoms with Gasteiger partial charge in [0.2, 0.25) is 0 Å². The molecule has 19 heteroatoms. The molecule has 0 aromatic heterocycles. The number of aliphatic hydroxyl groups excluding tert-OH is 1. The summed E-state index contributed by atoms with van der Waals surface area (Å²) in [5.41, 5.74) is 0. The maximum Gasteiger partial charge on any atom is 0.472 e. The molecule has 0 bridgehead atoms. The van der Waals surface area contributed by atoms with Gasteiger partial charge in [0.25, 0.3) is 0 Å². The number of carbonyl (C=O) groups excluding carboxylic acids is 4. The largest absolute Gasteiger partial charge is 0.472 e. The molecule has 5 atom stereocenters. The van der Waals surface area contributed by atoms with Crippen molar-refractivity contribution in [2.45, 2.75) is 484 Å². The van der Waals surface area contributed by atoms with E-state index in [9.17, 15) is 43.2 Å². The molecule has 0 saturated heterocycles. The summed E-state index contributed by atoms with van der Waals surface area (Å²) in [6.45, 7) is 12.1. The Kier molecular flexibility index (Phi) is 76.6. The summed E-state index contributed by atoms with van der Waals surface area (Å²) in [4.78, 5) is 73.3. The lowest BCUT2D eigenvalue weighted by atomic mass is 10.0. The van der Waals surface area contributed by atoms with E-state index in [1.54, 1.807) is 0 Å². The highest BCUT2D eigenvalue weighted by Crippen LogP contribution is 2.45. The first-order chi connectivity index (χ1) is 51.7. The predicted molar refractivity (Wildman–Crippen MR) is 441 cm³/mol. The van der Waals surface area contributed by atoms with Gasteiger partial charge in [-0.2, -0.15) is 0 Å². The molecule has 636 valence electrons. The van der Waals surface area contributed by atoms with Crippen LogP contribution in [0.2, 0.25) is 0 Å². The molecule has 0 rings (SSSR count). The first-order valence-electron chi connectivity index (χ1n) is 45.3. The molecule has 0 aromatic rings. The average Bonchev–Trinajstić information content (AvgIpc) is 0.907. The Bertz CT molecular complexity index is 2060. The van der Waals surface area contributed by atoms with Crippen molar-refractivity contribution in [2.24, 2.45) is 17.8 Å². The molecular formula is C88H172O17P2. The molecule has 17 nitrogen and oxygen atoms in total. The molecule has 2 unspecified atom stereocenters. The number of carbonyl (C=O) groups is 4. The molecule has 0 radical (unpaired) electrons. The van der Waals surface area contributed by atoms with Crippen LogP contribution in [0.1, 0.15) is 466 Å². The van der Waals surface area contributed by atoms with Gasteiger partial charge in [-0.3, -0.25) is 37.3 Å². The highest BCUT2D eigenvalue weighted by atomic mass is 31.2. The maximum atomic E-state index is 13.2. The lowest BCUT2D eigenvalue weighted by Gasteiger charge is -2.21. The topological polar surface area (TPSA) is 237 Å². The summed E-state index contributed by atoms with van der Waals surface area (Å²) in [5, 5.41) is 10.7. The van der Waals surface area contributed by atoms with Crippen molar-refractivity contribution in [1.29, 1.82) is 0 Å². The van der Waals surface area contributed by atoms with Crippen molar-refractivity contribution >= 4 is 39.5 Å². The van der Waals surface area contributed by atoms with Crippen LogP contribution >= 0.6 is 15.6 Å². The predicted octanol–water partition coefficient (Wildman–Crippen LogP) is 26.9. The molecule has 107 heavy (non-hydrogen) atoms. The van der Waals surface area contributed by atoms with E-state index in [2.05, 4.69) is 48.5 Å². The summed E-state index contributed by atoms with van der Waals surface area (Å²) in [6, 6.07) is 0. The van der Waals surface area contributed by atoms with E-state index in [0.29, 0.717) is 25.7 Å². The average molecular weight is 1560 g/mol. The fourth-order valence-corrected chi connectivity index (χ4v) is 15.3. The van der Waals surface area contributed by atoms with Crippen molar-refractivity contribution < 1.29 is 80.2 Å². The van der Waals surface area contributed by atoms with Gasteiger partial charge < -0.3 is 33.8 Å². The Morgan fingerprint density at radius 2 is 0.430 bits per heavy atom. The monoisotopic (exact) mass is 1560 g/mol. The quantitative estimate of drug-likeness (QED) is 0.0222. The van der Waals surface area contributed by atoms with E-state index >= 15 is 0 Å². The molecule has 0 heterocycles. The number of hydrogen-bond donors (Lipinski definition) is 3. The van der Waals surface area contributed by atoms with E-state index in [-0.39, 0.29) is 25.7 Å². The summed E-state index contributed by atoms with van der Waals surface area (Å²) < 4.78 is 69.0. The summed E-state index contributed by atoms with van der Waals surface area (Å²) in [7, 11) is -9.93. The van der Waals surface area contributed by atoms with E-state index < -0.39 is 97.5 Å². The zero-order valence-electron chi connectivity index (χ0n) is 70.6. The van der Waals surface area contributed by atoms with Crippen molar-refractivity contribution in [3.05, 3.63) is 0 Å². The lowest BCUT2D eigenvalue weighted by Crippen LogP contribution is -2.30. The SMILES string of the molecule is CCCCCCCCCCCCCCC(=O)OC[C@H](COP(=O)(O)OC[C@H](O)COP(=O)(O)OC[C@@H](COC(=O)CCCCCCCCCCCCCCCCCCC(C)C)OC(=O)CCCCCCCCCCCCCCCCCCC(C)C)OC(=O)CCCCCCCCCCCCCCCCC(C)C. The van der Waals surface area contributed by atoms with Gasteiger partial charge in [0.05, 0.1) is 26.4 Å². The molecule has 3 N–H and O–H groups in total. The van der Waals surface area contributed by atoms with Crippen LogP contribution in [-0.4, -0.2) is 96.7 Å². The van der Waals surface area contributed by atoms with Gasteiger partial charge in [-0.05, 0) is 43.4 Å². The number of rotatable bonds is 86. The fourth-order valence-electron chi connectivity index (χ4n) is 13.7. The van der Waals surface area contributed by atoms with Gasteiger partial charge in [-0.1, -0.05) is 414 Å². The number of phosphoric acid groups is 2. The summed E-state index contributed by atoms with van der Waals surface area (Å²) in [5.74, 6) is 0.317. The second-order valence-corrected chi connectivity index (χ2v) is 36.0. The van der Waals surface area contributed by atoms with Gasteiger partial charge in [-0.15, -0.1) is 0 Å². The zero-order chi connectivity index (χ0) is 78.6. The zero-order valence-corrected chi connectivity index (χ0v) is 72.4. The van der Waals surface area contributed by atoms with Gasteiger partial charge in [0.1, 0.15) is 19.3 Å². The second kappa shape index (κ2) is 78.0. The van der Waals surface area contributed by atoms with Crippen molar-refractivity contribution in [3.8, 4) is 0 Å². The van der Waals surface area contributed by atoms with Crippen LogP contribution in [0, 0.1) is 17.8 Å². The normalized spacial score (nSPS) is 13.8.